The highest BCUT2D eigenvalue weighted by molar-refractivity contribution is 9.08. The van der Waals surface area contributed by atoms with Crippen LogP contribution in [-0.2, 0) is 5.33 Å². The van der Waals surface area contributed by atoms with Crippen molar-refractivity contribution < 1.29 is 5.11 Å². The minimum absolute atomic E-state index is 0.370. The van der Waals surface area contributed by atoms with E-state index in [0.717, 1.165) is 15.6 Å². The van der Waals surface area contributed by atoms with Crippen LogP contribution >= 0.6 is 38.9 Å². The molecule has 0 fully saturated rings. The molecule has 1 heterocycles. The lowest BCUT2D eigenvalue weighted by molar-refractivity contribution is 0.487. The van der Waals surface area contributed by atoms with E-state index in [-0.39, 0.29) is 0 Å². The fourth-order valence-electron chi connectivity index (χ4n) is 1.24. The van der Waals surface area contributed by atoms with Crippen molar-refractivity contribution in [3.05, 3.63) is 28.8 Å². The largest absolute Gasteiger partial charge is 0.499 e. The fourth-order valence-corrected chi connectivity index (χ4v) is 3.23. The Balaban J connectivity index is 2.79. The third-order valence-electron chi connectivity index (χ3n) is 1.87. The average molecular weight is 278 g/mol. The number of thiophene rings is 1. The highest BCUT2D eigenvalue weighted by Crippen LogP contribution is 2.38. The molecule has 13 heavy (non-hydrogen) atoms. The second-order valence-electron chi connectivity index (χ2n) is 2.66. The molecule has 0 aliphatic carbocycles. The Bertz CT molecular complexity index is 452. The molecule has 1 aromatic heterocycles. The zero-order chi connectivity index (χ0) is 9.42. The zero-order valence-corrected chi connectivity index (χ0v) is 9.71. The van der Waals surface area contributed by atoms with Gasteiger partial charge in [-0.25, -0.2) is 0 Å². The van der Waals surface area contributed by atoms with Crippen LogP contribution in [0.15, 0.2) is 18.2 Å². The van der Waals surface area contributed by atoms with Gasteiger partial charge in [0.2, 0.25) is 0 Å². The van der Waals surface area contributed by atoms with Gasteiger partial charge in [0.15, 0.2) is 5.06 Å². The first kappa shape index (κ1) is 9.31. The topological polar surface area (TPSA) is 20.2 Å². The van der Waals surface area contributed by atoms with Gasteiger partial charge in [-0.05, 0) is 12.1 Å². The fraction of sp³-hybridized carbons (Fsp3) is 0.111. The number of alkyl halides is 1. The minimum Gasteiger partial charge on any atom is -0.499 e. The molecule has 0 amide bonds. The first-order valence-electron chi connectivity index (χ1n) is 3.68. The lowest BCUT2D eigenvalue weighted by atomic mass is 10.2. The number of halogens is 2. The van der Waals surface area contributed by atoms with Crippen molar-refractivity contribution in [3.63, 3.8) is 0 Å². The molecule has 0 unspecified atom stereocenters. The van der Waals surface area contributed by atoms with Crippen molar-refractivity contribution in [2.24, 2.45) is 0 Å². The number of hydrogen-bond donors (Lipinski definition) is 1. The van der Waals surface area contributed by atoms with Crippen LogP contribution < -0.4 is 0 Å². The van der Waals surface area contributed by atoms with E-state index in [1.54, 1.807) is 0 Å². The summed E-state index contributed by atoms with van der Waals surface area (Å²) in [6.07, 6.45) is 0. The first-order valence-corrected chi connectivity index (χ1v) is 6.00. The normalized spacial score (nSPS) is 10.9. The molecule has 0 bridgehead atoms. The molecule has 1 aromatic carbocycles. The maximum Gasteiger partial charge on any atom is 0.176 e. The summed E-state index contributed by atoms with van der Waals surface area (Å²) in [6.45, 7) is 0. The van der Waals surface area contributed by atoms with E-state index in [4.69, 9.17) is 11.6 Å². The molecule has 0 spiro atoms. The van der Waals surface area contributed by atoms with Gasteiger partial charge in [0.1, 0.15) is 0 Å². The number of benzene rings is 1. The predicted molar refractivity (Wildman–Crippen MR) is 61.1 cm³/mol. The third-order valence-corrected chi connectivity index (χ3v) is 3.66. The van der Waals surface area contributed by atoms with Crippen molar-refractivity contribution >= 4 is 49.0 Å². The summed E-state index contributed by atoms with van der Waals surface area (Å²) in [5, 5.41) is 12.4. The van der Waals surface area contributed by atoms with Crippen LogP contribution in [0.25, 0.3) is 10.1 Å². The molecule has 1 N–H and O–H groups in total. The van der Waals surface area contributed by atoms with Crippen LogP contribution in [0.4, 0.5) is 0 Å². The summed E-state index contributed by atoms with van der Waals surface area (Å²) in [6, 6.07) is 5.64. The van der Waals surface area contributed by atoms with E-state index in [1.807, 2.05) is 18.2 Å². The van der Waals surface area contributed by atoms with Gasteiger partial charge in [-0.3, -0.25) is 0 Å². The van der Waals surface area contributed by atoms with E-state index in [0.29, 0.717) is 15.4 Å². The van der Waals surface area contributed by atoms with Crippen LogP contribution in [0.1, 0.15) is 5.56 Å². The smallest absolute Gasteiger partial charge is 0.176 e. The number of fused-ring (bicyclic) bond motifs is 1. The van der Waals surface area contributed by atoms with Gasteiger partial charge in [-0.2, -0.15) is 0 Å². The van der Waals surface area contributed by atoms with Gasteiger partial charge in [0, 0.05) is 26.0 Å². The van der Waals surface area contributed by atoms with Crippen molar-refractivity contribution in [1.82, 2.24) is 0 Å². The van der Waals surface area contributed by atoms with E-state index >= 15 is 0 Å². The van der Waals surface area contributed by atoms with Gasteiger partial charge in [-0.1, -0.05) is 44.9 Å². The summed E-state index contributed by atoms with van der Waals surface area (Å²) in [5.74, 6) is 0. The molecule has 1 nitrogen and oxygen atoms in total. The third kappa shape index (κ3) is 1.56. The van der Waals surface area contributed by atoms with Crippen molar-refractivity contribution in [2.45, 2.75) is 5.33 Å². The standard InChI is InChI=1S/C9H6BrClOS/c10-4-7-6-2-1-5(11)3-8(6)13-9(7)12/h1-3,12H,4H2. The van der Waals surface area contributed by atoms with E-state index in [1.165, 1.54) is 11.3 Å². The van der Waals surface area contributed by atoms with Crippen LogP contribution in [0, 0.1) is 0 Å². The van der Waals surface area contributed by atoms with E-state index in [2.05, 4.69) is 15.9 Å². The molecule has 0 radical (unpaired) electrons. The first-order chi connectivity index (χ1) is 6.22. The Morgan fingerprint density at radius 2 is 2.23 bits per heavy atom. The molecular formula is C9H6BrClOS. The molecule has 2 aromatic rings. The summed E-state index contributed by atoms with van der Waals surface area (Å²) in [4.78, 5) is 0. The van der Waals surface area contributed by atoms with Gasteiger partial charge in [-0.15, -0.1) is 0 Å². The van der Waals surface area contributed by atoms with Gasteiger partial charge < -0.3 is 5.11 Å². The minimum atomic E-state index is 0.370. The zero-order valence-electron chi connectivity index (χ0n) is 6.55. The van der Waals surface area contributed by atoms with Crippen LogP contribution in [0.2, 0.25) is 5.02 Å². The summed E-state index contributed by atoms with van der Waals surface area (Å²) < 4.78 is 1.03. The molecule has 0 aliphatic heterocycles. The molecule has 0 saturated carbocycles. The van der Waals surface area contributed by atoms with Crippen molar-refractivity contribution in [2.75, 3.05) is 0 Å². The van der Waals surface area contributed by atoms with Crippen molar-refractivity contribution in [1.29, 1.82) is 0 Å². The SMILES string of the molecule is Oc1sc2cc(Cl)ccc2c1CBr. The Labute approximate surface area is 93.1 Å². The van der Waals surface area contributed by atoms with E-state index < -0.39 is 0 Å². The van der Waals surface area contributed by atoms with Gasteiger partial charge >= 0.3 is 0 Å². The Morgan fingerprint density at radius 3 is 2.92 bits per heavy atom. The van der Waals surface area contributed by atoms with Crippen LogP contribution in [-0.4, -0.2) is 5.11 Å². The van der Waals surface area contributed by atoms with Crippen molar-refractivity contribution in [3.8, 4) is 5.06 Å². The number of hydrogen-bond acceptors (Lipinski definition) is 2. The second kappa shape index (κ2) is 3.48. The maximum atomic E-state index is 9.57. The van der Waals surface area contributed by atoms with Crippen LogP contribution in [0.5, 0.6) is 5.06 Å². The quantitative estimate of drug-likeness (QED) is 0.776. The lowest BCUT2D eigenvalue weighted by Crippen LogP contribution is -1.73. The molecule has 4 heteroatoms. The maximum absolute atomic E-state index is 9.57. The Hall–Kier alpha value is -0.250. The van der Waals surface area contributed by atoms with Crippen LogP contribution in [0.3, 0.4) is 0 Å². The number of rotatable bonds is 1. The molecule has 2 rings (SSSR count). The Kier molecular flexibility index (Phi) is 2.49. The number of aromatic hydroxyl groups is 1. The summed E-state index contributed by atoms with van der Waals surface area (Å²) in [5.41, 5.74) is 0.941. The van der Waals surface area contributed by atoms with E-state index in [9.17, 15) is 5.11 Å². The molecule has 68 valence electrons. The second-order valence-corrected chi connectivity index (χ2v) is 4.69. The highest BCUT2D eigenvalue weighted by atomic mass is 79.9. The van der Waals surface area contributed by atoms with Gasteiger partial charge in [0.05, 0.1) is 0 Å². The lowest BCUT2D eigenvalue weighted by Gasteiger charge is -1.93. The summed E-state index contributed by atoms with van der Waals surface area (Å²) in [7, 11) is 0. The predicted octanol–water partition coefficient (Wildman–Crippen LogP) is 4.16. The van der Waals surface area contributed by atoms with Gasteiger partial charge in [0.25, 0.3) is 0 Å². The monoisotopic (exact) mass is 276 g/mol. The molecular weight excluding hydrogens is 272 g/mol. The highest BCUT2D eigenvalue weighted by Gasteiger charge is 2.09. The molecule has 0 aliphatic rings. The molecule has 0 saturated heterocycles. The molecule has 0 atom stereocenters. The average Bonchev–Trinajstić information content (AvgIpc) is 2.39. The summed E-state index contributed by atoms with van der Waals surface area (Å²) >= 11 is 10.5. The Morgan fingerprint density at radius 1 is 1.46 bits per heavy atom.